The van der Waals surface area contributed by atoms with Gasteiger partial charge < -0.3 is 21.4 Å². The van der Waals surface area contributed by atoms with E-state index in [0.717, 1.165) is 45.0 Å². The minimum absolute atomic E-state index is 0.254. The number of rotatable bonds is 7. The van der Waals surface area contributed by atoms with Crippen molar-refractivity contribution >= 4 is 17.5 Å². The maximum Gasteiger partial charge on any atom is 0.153 e. The molecule has 1 atom stereocenters. The quantitative estimate of drug-likeness (QED) is 0.248. The predicted molar refractivity (Wildman–Crippen MR) is 144 cm³/mol. The van der Waals surface area contributed by atoms with E-state index in [2.05, 4.69) is 82.3 Å². The summed E-state index contributed by atoms with van der Waals surface area (Å²) in [5.41, 5.74) is 20.8. The first-order chi connectivity index (χ1) is 16.2. The van der Waals surface area contributed by atoms with Crippen LogP contribution < -0.4 is 11.5 Å². The van der Waals surface area contributed by atoms with Gasteiger partial charge in [-0.15, -0.1) is 11.8 Å². The van der Waals surface area contributed by atoms with Crippen molar-refractivity contribution in [1.29, 1.82) is 0 Å². The second-order valence-electron chi connectivity index (χ2n) is 9.01. The third-order valence-electron chi connectivity index (χ3n) is 6.24. The molecule has 2 heterocycles. The second kappa shape index (κ2) is 9.52. The fourth-order valence-corrected chi connectivity index (χ4v) is 4.57. The van der Waals surface area contributed by atoms with E-state index >= 15 is 0 Å². The van der Waals surface area contributed by atoms with Crippen molar-refractivity contribution in [2.45, 2.75) is 32.6 Å². The first-order valence-corrected chi connectivity index (χ1v) is 12.5. The Morgan fingerprint density at radius 1 is 0.824 bits per heavy atom. The normalized spacial score (nSPS) is 13.1. The van der Waals surface area contributed by atoms with Gasteiger partial charge in [-0.05, 0) is 53.8 Å². The van der Waals surface area contributed by atoms with Crippen molar-refractivity contribution in [3.8, 4) is 33.6 Å². The SMILES string of the molecule is CSC(N)(c1ncc(-c2ccc(-c3ccc(-c4cnc(C(N)=C(C)C)[nH]4)cc3)cc2)[nH]1)C(C)C. The molecule has 0 bridgehead atoms. The fourth-order valence-electron chi connectivity index (χ4n) is 3.80. The highest BCUT2D eigenvalue weighted by Gasteiger charge is 2.33. The molecule has 0 aliphatic rings. The molecule has 0 saturated heterocycles. The summed E-state index contributed by atoms with van der Waals surface area (Å²) in [5.74, 6) is 1.76. The Hall–Kier alpha value is -3.29. The number of hydrogen-bond acceptors (Lipinski definition) is 5. The van der Waals surface area contributed by atoms with Crippen LogP contribution in [0.5, 0.6) is 0 Å². The Labute approximate surface area is 205 Å². The molecule has 0 saturated carbocycles. The van der Waals surface area contributed by atoms with Gasteiger partial charge in [0, 0.05) is 0 Å². The van der Waals surface area contributed by atoms with Crippen LogP contribution in [0.1, 0.15) is 39.3 Å². The van der Waals surface area contributed by atoms with Gasteiger partial charge >= 0.3 is 0 Å². The molecular weight excluding hydrogens is 440 g/mol. The fraction of sp³-hybridized carbons (Fsp3) is 0.259. The average Bonchev–Trinajstić information content (AvgIpc) is 3.54. The summed E-state index contributed by atoms with van der Waals surface area (Å²) in [7, 11) is 0. The largest absolute Gasteiger partial charge is 0.396 e. The van der Waals surface area contributed by atoms with Crippen LogP contribution in [-0.2, 0) is 4.87 Å². The van der Waals surface area contributed by atoms with Crippen LogP contribution in [0.25, 0.3) is 39.3 Å². The predicted octanol–water partition coefficient (Wildman–Crippen LogP) is 5.97. The third kappa shape index (κ3) is 4.54. The van der Waals surface area contributed by atoms with Gasteiger partial charge in [-0.3, -0.25) is 0 Å². The molecule has 2 aromatic carbocycles. The van der Waals surface area contributed by atoms with Gasteiger partial charge in [0.2, 0.25) is 0 Å². The number of imidazole rings is 2. The van der Waals surface area contributed by atoms with Crippen LogP contribution in [-0.4, -0.2) is 26.2 Å². The zero-order valence-electron chi connectivity index (χ0n) is 20.3. The highest BCUT2D eigenvalue weighted by atomic mass is 32.2. The number of H-pyrrole nitrogens is 2. The number of benzene rings is 2. The average molecular weight is 473 g/mol. The topological polar surface area (TPSA) is 109 Å². The number of hydrogen-bond donors (Lipinski definition) is 4. The molecular formula is C27H32N6S. The van der Waals surface area contributed by atoms with E-state index in [-0.39, 0.29) is 5.92 Å². The Morgan fingerprint density at radius 2 is 1.29 bits per heavy atom. The molecule has 176 valence electrons. The van der Waals surface area contributed by atoms with E-state index in [0.29, 0.717) is 11.5 Å². The van der Waals surface area contributed by atoms with Crippen LogP contribution >= 0.6 is 11.8 Å². The van der Waals surface area contributed by atoms with Crippen molar-refractivity contribution in [3.63, 3.8) is 0 Å². The minimum atomic E-state index is -0.535. The first kappa shape index (κ1) is 23.9. The highest BCUT2D eigenvalue weighted by molar-refractivity contribution is 7.99. The Balaban J connectivity index is 1.53. The molecule has 7 heteroatoms. The van der Waals surface area contributed by atoms with Gasteiger partial charge in [0.05, 0.1) is 29.5 Å². The van der Waals surface area contributed by atoms with Crippen molar-refractivity contribution in [1.82, 2.24) is 19.9 Å². The van der Waals surface area contributed by atoms with E-state index in [1.165, 1.54) is 0 Å². The highest BCUT2D eigenvalue weighted by Crippen LogP contribution is 2.35. The molecule has 0 aliphatic heterocycles. The lowest BCUT2D eigenvalue weighted by Gasteiger charge is -2.29. The van der Waals surface area contributed by atoms with Crippen molar-refractivity contribution in [3.05, 3.63) is 78.1 Å². The molecule has 0 aliphatic carbocycles. The molecule has 0 fully saturated rings. The lowest BCUT2D eigenvalue weighted by atomic mass is 10.0. The van der Waals surface area contributed by atoms with Gasteiger partial charge in [0.15, 0.2) is 5.82 Å². The summed E-state index contributed by atoms with van der Waals surface area (Å²) < 4.78 is 0. The summed E-state index contributed by atoms with van der Waals surface area (Å²) in [6, 6.07) is 16.9. The summed E-state index contributed by atoms with van der Waals surface area (Å²) in [6.45, 7) is 8.18. The number of thioether (sulfide) groups is 1. The van der Waals surface area contributed by atoms with Crippen LogP contribution in [0.15, 0.2) is 66.5 Å². The monoisotopic (exact) mass is 472 g/mol. The Morgan fingerprint density at radius 3 is 1.76 bits per heavy atom. The smallest absolute Gasteiger partial charge is 0.153 e. The molecule has 6 N–H and O–H groups in total. The lowest BCUT2D eigenvalue weighted by Crippen LogP contribution is -2.39. The van der Waals surface area contributed by atoms with Gasteiger partial charge in [0.1, 0.15) is 10.7 Å². The standard InChI is InChI=1S/C27H32N6S/c1-16(2)24(28)25-30-14-22(32-25)20-10-6-18(7-11-20)19-8-12-21(13-9-19)23-15-31-26(33-23)27(29,34-5)17(3)4/h6-15,17H,28-29H2,1-5H3,(H,30,32)(H,31,33). The Bertz CT molecular complexity index is 1290. The third-order valence-corrected chi connectivity index (χ3v) is 7.58. The van der Waals surface area contributed by atoms with Gasteiger partial charge in [-0.2, -0.15) is 0 Å². The number of allylic oxidation sites excluding steroid dienone is 1. The van der Waals surface area contributed by atoms with Crippen molar-refractivity contribution < 1.29 is 0 Å². The van der Waals surface area contributed by atoms with Crippen LogP contribution in [0.3, 0.4) is 0 Å². The number of nitrogens with two attached hydrogens (primary N) is 2. The molecule has 2 aromatic heterocycles. The van der Waals surface area contributed by atoms with E-state index in [1.54, 1.807) is 11.8 Å². The molecule has 6 nitrogen and oxygen atoms in total. The molecule has 4 aromatic rings. The van der Waals surface area contributed by atoms with Gasteiger partial charge in [-0.1, -0.05) is 62.4 Å². The maximum absolute atomic E-state index is 6.59. The van der Waals surface area contributed by atoms with Crippen molar-refractivity contribution in [2.24, 2.45) is 17.4 Å². The molecule has 34 heavy (non-hydrogen) atoms. The second-order valence-corrected chi connectivity index (χ2v) is 10.1. The summed E-state index contributed by atoms with van der Waals surface area (Å²) in [4.78, 5) is 15.2. The zero-order valence-corrected chi connectivity index (χ0v) is 21.1. The van der Waals surface area contributed by atoms with Gasteiger partial charge in [0.25, 0.3) is 0 Å². The molecule has 0 spiro atoms. The van der Waals surface area contributed by atoms with Crippen LogP contribution in [0, 0.1) is 5.92 Å². The van der Waals surface area contributed by atoms with E-state index in [1.807, 2.05) is 32.5 Å². The van der Waals surface area contributed by atoms with Crippen LogP contribution in [0.2, 0.25) is 0 Å². The molecule has 0 radical (unpaired) electrons. The van der Waals surface area contributed by atoms with E-state index in [9.17, 15) is 0 Å². The van der Waals surface area contributed by atoms with Gasteiger partial charge in [-0.25, -0.2) is 9.97 Å². The number of nitrogens with zero attached hydrogens (tertiary/aromatic N) is 2. The number of aromatic nitrogens is 4. The first-order valence-electron chi connectivity index (χ1n) is 11.3. The summed E-state index contributed by atoms with van der Waals surface area (Å²) in [6.07, 6.45) is 5.70. The maximum atomic E-state index is 6.59. The minimum Gasteiger partial charge on any atom is -0.396 e. The van der Waals surface area contributed by atoms with Crippen LogP contribution in [0.4, 0.5) is 0 Å². The number of aromatic amines is 2. The van der Waals surface area contributed by atoms with E-state index < -0.39 is 4.87 Å². The molecule has 4 rings (SSSR count). The molecule has 1 unspecified atom stereocenters. The zero-order chi connectivity index (χ0) is 24.5. The number of nitrogens with one attached hydrogen (secondary N) is 2. The Kier molecular flexibility index (Phi) is 6.68. The van der Waals surface area contributed by atoms with E-state index in [4.69, 9.17) is 11.5 Å². The summed E-state index contributed by atoms with van der Waals surface area (Å²) in [5, 5.41) is 0. The van der Waals surface area contributed by atoms with Crippen molar-refractivity contribution in [2.75, 3.05) is 6.26 Å². The summed E-state index contributed by atoms with van der Waals surface area (Å²) >= 11 is 1.61. The lowest BCUT2D eigenvalue weighted by molar-refractivity contribution is 0.445. The molecule has 0 amide bonds.